The lowest BCUT2D eigenvalue weighted by Crippen LogP contribution is -2.40. The largest absolute Gasteiger partial charge is 0.423 e. The first-order valence-electron chi connectivity index (χ1n) is 13.2. The fourth-order valence-corrected chi connectivity index (χ4v) is 6.93. The summed E-state index contributed by atoms with van der Waals surface area (Å²) in [6.07, 6.45) is 0. The lowest BCUT2D eigenvalue weighted by atomic mass is 10.1. The molecule has 0 atom stereocenters. The number of amides is 1. The zero-order chi connectivity index (χ0) is 31.3. The van der Waals surface area contributed by atoms with Crippen molar-refractivity contribution in [2.75, 3.05) is 36.3 Å². The molecule has 1 aliphatic rings. The quantitative estimate of drug-likeness (QED) is 0.196. The van der Waals surface area contributed by atoms with E-state index in [4.69, 9.17) is 21.1 Å². The van der Waals surface area contributed by atoms with Gasteiger partial charge in [0.2, 0.25) is 10.0 Å². The van der Waals surface area contributed by atoms with Gasteiger partial charge in [0.05, 0.1) is 39.8 Å². The van der Waals surface area contributed by atoms with E-state index in [-0.39, 0.29) is 50.6 Å². The number of morpholine rings is 1. The minimum absolute atomic E-state index is 0.0435. The second-order valence-corrected chi connectivity index (χ2v) is 13.6. The Labute approximate surface area is 259 Å². The second kappa shape index (κ2) is 13.2. The van der Waals surface area contributed by atoms with E-state index in [1.54, 1.807) is 30.3 Å². The molecular weight excluding hydrogens is 630 g/mol. The number of carbonyl (C=O) groups is 2. The maximum Gasteiger partial charge on any atom is 0.343 e. The Morgan fingerprint density at radius 3 is 2.09 bits per heavy atom. The number of ether oxygens (including phenoxy) is 2. The Morgan fingerprint density at radius 2 is 1.43 bits per heavy atom. The molecule has 0 spiro atoms. The number of nitrogens with one attached hydrogen (secondary N) is 2. The van der Waals surface area contributed by atoms with E-state index in [2.05, 4.69) is 10.0 Å². The molecule has 1 saturated heterocycles. The van der Waals surface area contributed by atoms with Gasteiger partial charge in [0.1, 0.15) is 5.75 Å². The highest BCUT2D eigenvalue weighted by Crippen LogP contribution is 2.27. The van der Waals surface area contributed by atoms with Gasteiger partial charge >= 0.3 is 5.97 Å². The molecule has 11 nitrogen and oxygen atoms in total. The minimum Gasteiger partial charge on any atom is -0.423 e. The monoisotopic (exact) mass is 655 g/mol. The van der Waals surface area contributed by atoms with Crippen LogP contribution >= 0.6 is 11.6 Å². The lowest BCUT2D eigenvalue weighted by molar-refractivity contribution is 0.0730. The molecular formula is C30H26ClN3O8S2. The zero-order valence-electron chi connectivity index (χ0n) is 23.0. The first kappa shape index (κ1) is 31.2. The van der Waals surface area contributed by atoms with E-state index in [0.29, 0.717) is 18.8 Å². The molecule has 0 saturated carbocycles. The highest BCUT2D eigenvalue weighted by Gasteiger charge is 2.26. The summed E-state index contributed by atoms with van der Waals surface area (Å²) in [4.78, 5) is 25.4. The van der Waals surface area contributed by atoms with E-state index in [0.717, 1.165) is 0 Å². The molecule has 1 heterocycles. The summed E-state index contributed by atoms with van der Waals surface area (Å²) in [5.41, 5.74) is 0.510. The van der Waals surface area contributed by atoms with Crippen LogP contribution in [-0.2, 0) is 24.8 Å². The molecule has 1 fully saturated rings. The molecule has 0 unspecified atom stereocenters. The summed E-state index contributed by atoms with van der Waals surface area (Å²) in [6, 6.07) is 23.3. The third-order valence-electron chi connectivity index (χ3n) is 6.54. The molecule has 1 amide bonds. The van der Waals surface area contributed by atoms with Crippen LogP contribution in [0.4, 0.5) is 11.4 Å². The highest BCUT2D eigenvalue weighted by atomic mass is 35.5. The van der Waals surface area contributed by atoms with Crippen LogP contribution in [0, 0.1) is 0 Å². The van der Waals surface area contributed by atoms with Gasteiger partial charge in [-0.1, -0.05) is 29.8 Å². The number of carbonyl (C=O) groups excluding carboxylic acids is 2. The van der Waals surface area contributed by atoms with Crippen LogP contribution < -0.4 is 14.8 Å². The molecule has 0 aliphatic carbocycles. The van der Waals surface area contributed by atoms with Crippen molar-refractivity contribution >= 4 is 54.9 Å². The van der Waals surface area contributed by atoms with E-state index >= 15 is 0 Å². The van der Waals surface area contributed by atoms with Gasteiger partial charge in [-0.15, -0.1) is 0 Å². The number of benzene rings is 4. The summed E-state index contributed by atoms with van der Waals surface area (Å²) in [5, 5.41) is 2.83. The molecule has 4 aromatic rings. The number of sulfonamides is 2. The Hall–Kier alpha value is -4.27. The molecule has 14 heteroatoms. The van der Waals surface area contributed by atoms with Crippen LogP contribution in [0.15, 0.2) is 107 Å². The topological polar surface area (TPSA) is 148 Å². The SMILES string of the molecule is O=C(Oc1ccc(S(=O)(=O)Nc2ccc(Cl)cc2C(=O)Nc2ccc(S(=O)(=O)N3CCOCC3)cc2)cc1)c1ccccc1. The Balaban J connectivity index is 1.29. The van der Waals surface area contributed by atoms with Gasteiger partial charge in [-0.2, -0.15) is 4.31 Å². The minimum atomic E-state index is -4.18. The predicted molar refractivity (Wildman–Crippen MR) is 164 cm³/mol. The Morgan fingerprint density at radius 1 is 0.795 bits per heavy atom. The average molecular weight is 656 g/mol. The molecule has 0 bridgehead atoms. The summed E-state index contributed by atoms with van der Waals surface area (Å²) < 4.78 is 66.4. The molecule has 44 heavy (non-hydrogen) atoms. The number of rotatable bonds is 9. The average Bonchev–Trinajstić information content (AvgIpc) is 3.03. The highest BCUT2D eigenvalue weighted by molar-refractivity contribution is 7.92. The number of hydrogen-bond acceptors (Lipinski definition) is 8. The van der Waals surface area contributed by atoms with Crippen LogP contribution in [0.25, 0.3) is 0 Å². The normalized spacial score (nSPS) is 14.0. The van der Waals surface area contributed by atoms with Gasteiger partial charge in [0, 0.05) is 23.8 Å². The fraction of sp³-hybridized carbons (Fsp3) is 0.133. The van der Waals surface area contributed by atoms with E-state index in [9.17, 15) is 26.4 Å². The summed E-state index contributed by atoms with van der Waals surface area (Å²) >= 11 is 6.12. The van der Waals surface area contributed by atoms with E-state index in [1.807, 2.05) is 0 Å². The maximum atomic E-state index is 13.2. The van der Waals surface area contributed by atoms with Gasteiger partial charge in [-0.25, -0.2) is 21.6 Å². The summed E-state index contributed by atoms with van der Waals surface area (Å²) in [7, 11) is -7.90. The summed E-state index contributed by atoms with van der Waals surface area (Å²) in [6.45, 7) is 1.13. The third kappa shape index (κ3) is 7.26. The number of hydrogen-bond donors (Lipinski definition) is 2. The van der Waals surface area contributed by atoms with Gasteiger partial charge in [0.25, 0.3) is 15.9 Å². The maximum absolute atomic E-state index is 13.2. The van der Waals surface area contributed by atoms with Gasteiger partial charge in [0.15, 0.2) is 0 Å². The first-order chi connectivity index (χ1) is 21.0. The van der Waals surface area contributed by atoms with Crippen LogP contribution in [-0.4, -0.2) is 59.3 Å². The van der Waals surface area contributed by atoms with Crippen molar-refractivity contribution in [3.63, 3.8) is 0 Å². The van der Waals surface area contributed by atoms with Crippen molar-refractivity contribution in [3.05, 3.63) is 113 Å². The molecule has 4 aromatic carbocycles. The van der Waals surface area contributed by atoms with Gasteiger partial charge in [-0.3, -0.25) is 9.52 Å². The van der Waals surface area contributed by atoms with Crippen molar-refractivity contribution in [2.24, 2.45) is 0 Å². The van der Waals surface area contributed by atoms with Gasteiger partial charge in [-0.05, 0) is 78.9 Å². The van der Waals surface area contributed by atoms with Crippen molar-refractivity contribution < 1.29 is 35.9 Å². The number of nitrogens with zero attached hydrogens (tertiary/aromatic N) is 1. The van der Waals surface area contributed by atoms with Crippen LogP contribution in [0.1, 0.15) is 20.7 Å². The smallest absolute Gasteiger partial charge is 0.343 e. The molecule has 0 aromatic heterocycles. The first-order valence-corrected chi connectivity index (χ1v) is 16.5. The number of halogens is 1. The third-order valence-corrected chi connectivity index (χ3v) is 10.1. The predicted octanol–water partition coefficient (Wildman–Crippen LogP) is 4.63. The fourth-order valence-electron chi connectivity index (χ4n) is 4.27. The standard InChI is InChI=1S/C30H26ClN3O8S2/c31-22-6-15-28(33-43(37,38)25-13-9-24(10-14-25)42-30(36)21-4-2-1-3-5-21)27(20-22)29(35)32-23-7-11-26(12-8-23)44(39,40)34-16-18-41-19-17-34/h1-15,20,33H,16-19H2,(H,32,35). The summed E-state index contributed by atoms with van der Waals surface area (Å²) in [5.74, 6) is -1.13. The zero-order valence-corrected chi connectivity index (χ0v) is 25.4. The molecule has 0 radical (unpaired) electrons. The van der Waals surface area contributed by atoms with Crippen LogP contribution in [0.2, 0.25) is 5.02 Å². The lowest BCUT2D eigenvalue weighted by Gasteiger charge is -2.26. The van der Waals surface area contributed by atoms with E-state index < -0.39 is 31.9 Å². The molecule has 2 N–H and O–H groups in total. The van der Waals surface area contributed by atoms with Crippen LogP contribution in [0.5, 0.6) is 5.75 Å². The molecule has 5 rings (SSSR count). The molecule has 228 valence electrons. The van der Waals surface area contributed by atoms with Crippen molar-refractivity contribution in [1.82, 2.24) is 4.31 Å². The molecule has 1 aliphatic heterocycles. The van der Waals surface area contributed by atoms with Crippen LogP contribution in [0.3, 0.4) is 0 Å². The second-order valence-electron chi connectivity index (χ2n) is 9.52. The van der Waals surface area contributed by atoms with Crippen molar-refractivity contribution in [1.29, 1.82) is 0 Å². The van der Waals surface area contributed by atoms with Gasteiger partial charge < -0.3 is 14.8 Å². The van der Waals surface area contributed by atoms with E-state index in [1.165, 1.54) is 71.0 Å². The number of esters is 1. The Kier molecular flexibility index (Phi) is 9.32. The Bertz CT molecular complexity index is 1880. The van der Waals surface area contributed by atoms with Crippen molar-refractivity contribution in [2.45, 2.75) is 9.79 Å². The number of anilines is 2. The van der Waals surface area contributed by atoms with Crippen molar-refractivity contribution in [3.8, 4) is 5.75 Å².